The Bertz CT molecular complexity index is 1180. The van der Waals surface area contributed by atoms with Crippen LogP contribution in [-0.2, 0) is 17.9 Å². The molecule has 2 aromatic carbocycles. The molecule has 4 rings (SSSR count). The van der Waals surface area contributed by atoms with E-state index in [9.17, 15) is 4.79 Å². The predicted octanol–water partition coefficient (Wildman–Crippen LogP) is 4.55. The number of benzene rings is 2. The first-order valence-electron chi connectivity index (χ1n) is 9.83. The Morgan fingerprint density at radius 2 is 1.97 bits per heavy atom. The second kappa shape index (κ2) is 9.09. The highest BCUT2D eigenvalue weighted by Crippen LogP contribution is 2.16. The molecule has 1 amide bonds. The number of pyridine rings is 1. The fourth-order valence-electron chi connectivity index (χ4n) is 3.15. The summed E-state index contributed by atoms with van der Waals surface area (Å²) in [7, 11) is 0. The zero-order valence-corrected chi connectivity index (χ0v) is 16.8. The summed E-state index contributed by atoms with van der Waals surface area (Å²) in [6, 6.07) is 21.7. The number of ether oxygens (including phenoxy) is 1. The van der Waals surface area contributed by atoms with Gasteiger partial charge in [-0.3, -0.25) is 4.79 Å². The Balaban J connectivity index is 1.32. The molecular formula is C25H23N3O2. The van der Waals surface area contributed by atoms with Crippen LogP contribution in [-0.4, -0.2) is 15.3 Å². The average molecular weight is 397 g/mol. The van der Waals surface area contributed by atoms with Crippen LogP contribution in [0, 0.1) is 6.92 Å². The van der Waals surface area contributed by atoms with Crippen LogP contribution in [0.5, 0.6) is 5.75 Å². The fraction of sp³-hybridized carbons (Fsp3) is 0.120. The Morgan fingerprint density at radius 3 is 2.80 bits per heavy atom. The van der Waals surface area contributed by atoms with E-state index in [1.807, 2.05) is 90.4 Å². The standard InChI is InChI=1S/C25H23N3O2/c1-19-7-6-14-28-17-22(27-25(19)28)16-26-24(29)13-12-20-10-5-11-23(15-20)30-18-21-8-3-2-4-9-21/h2-15,17H,16,18H2,1H3,(H,26,29)/b13-12+. The lowest BCUT2D eigenvalue weighted by Crippen LogP contribution is -2.20. The highest BCUT2D eigenvalue weighted by atomic mass is 16.5. The molecular weight excluding hydrogens is 374 g/mol. The van der Waals surface area contributed by atoms with Crippen molar-refractivity contribution >= 4 is 17.6 Å². The van der Waals surface area contributed by atoms with Gasteiger partial charge in [0.15, 0.2) is 0 Å². The molecule has 5 heteroatoms. The summed E-state index contributed by atoms with van der Waals surface area (Å²) in [5, 5.41) is 2.88. The van der Waals surface area contributed by atoms with Crippen molar-refractivity contribution in [2.24, 2.45) is 0 Å². The van der Waals surface area contributed by atoms with E-state index < -0.39 is 0 Å². The van der Waals surface area contributed by atoms with Gasteiger partial charge in [-0.05, 0) is 47.9 Å². The van der Waals surface area contributed by atoms with E-state index in [4.69, 9.17) is 4.74 Å². The lowest BCUT2D eigenvalue weighted by Gasteiger charge is -2.07. The average Bonchev–Trinajstić information content (AvgIpc) is 3.20. The second-order valence-corrected chi connectivity index (χ2v) is 7.05. The van der Waals surface area contributed by atoms with Crippen LogP contribution >= 0.6 is 0 Å². The molecule has 0 saturated heterocycles. The number of rotatable bonds is 7. The van der Waals surface area contributed by atoms with Gasteiger partial charge >= 0.3 is 0 Å². The Morgan fingerprint density at radius 1 is 1.10 bits per heavy atom. The number of nitrogens with zero attached hydrogens (tertiary/aromatic N) is 2. The normalized spacial score (nSPS) is 11.1. The zero-order valence-electron chi connectivity index (χ0n) is 16.8. The van der Waals surface area contributed by atoms with Crippen LogP contribution in [0.15, 0.2) is 85.2 Å². The number of fused-ring (bicyclic) bond motifs is 1. The molecule has 0 bridgehead atoms. The minimum absolute atomic E-state index is 0.167. The van der Waals surface area contributed by atoms with Gasteiger partial charge in [0, 0.05) is 18.5 Å². The van der Waals surface area contributed by atoms with Gasteiger partial charge in [0.05, 0.1) is 12.2 Å². The first-order chi connectivity index (χ1) is 14.7. The van der Waals surface area contributed by atoms with Gasteiger partial charge in [0.25, 0.3) is 0 Å². The van der Waals surface area contributed by atoms with Crippen molar-refractivity contribution in [3.63, 3.8) is 0 Å². The van der Waals surface area contributed by atoms with E-state index in [1.165, 1.54) is 6.08 Å². The van der Waals surface area contributed by atoms with Crippen LogP contribution in [0.2, 0.25) is 0 Å². The van der Waals surface area contributed by atoms with E-state index >= 15 is 0 Å². The second-order valence-electron chi connectivity index (χ2n) is 7.05. The van der Waals surface area contributed by atoms with Crippen LogP contribution in [0.4, 0.5) is 0 Å². The fourth-order valence-corrected chi connectivity index (χ4v) is 3.15. The predicted molar refractivity (Wildman–Crippen MR) is 118 cm³/mol. The van der Waals surface area contributed by atoms with Crippen LogP contribution in [0.25, 0.3) is 11.7 Å². The molecule has 0 unspecified atom stereocenters. The summed E-state index contributed by atoms with van der Waals surface area (Å²) in [4.78, 5) is 16.8. The molecule has 0 saturated carbocycles. The van der Waals surface area contributed by atoms with Crippen LogP contribution in [0.3, 0.4) is 0 Å². The molecule has 30 heavy (non-hydrogen) atoms. The van der Waals surface area contributed by atoms with Crippen LogP contribution in [0.1, 0.15) is 22.4 Å². The summed E-state index contributed by atoms with van der Waals surface area (Å²) >= 11 is 0. The largest absolute Gasteiger partial charge is 0.489 e. The summed E-state index contributed by atoms with van der Waals surface area (Å²) < 4.78 is 7.80. The van der Waals surface area contributed by atoms with Gasteiger partial charge in [-0.1, -0.05) is 48.5 Å². The number of carbonyl (C=O) groups excluding carboxylic acids is 1. The topological polar surface area (TPSA) is 55.6 Å². The number of hydrogen-bond donors (Lipinski definition) is 1. The SMILES string of the molecule is Cc1cccn2cc(CNC(=O)/C=C/c3cccc(OCc4ccccc4)c3)nc12. The van der Waals surface area contributed by atoms with Crippen molar-refractivity contribution in [2.75, 3.05) is 0 Å². The number of nitrogens with one attached hydrogen (secondary N) is 1. The maximum Gasteiger partial charge on any atom is 0.244 e. The van der Waals surface area contributed by atoms with E-state index in [-0.39, 0.29) is 5.91 Å². The third kappa shape index (κ3) is 4.94. The van der Waals surface area contributed by atoms with E-state index in [2.05, 4.69) is 10.3 Å². The maximum atomic E-state index is 12.2. The molecule has 0 spiro atoms. The summed E-state index contributed by atoms with van der Waals surface area (Å²) in [5.74, 6) is 0.598. The number of hydrogen-bond acceptors (Lipinski definition) is 3. The molecule has 0 aliphatic rings. The maximum absolute atomic E-state index is 12.2. The van der Waals surface area contributed by atoms with E-state index in [0.717, 1.165) is 33.8 Å². The van der Waals surface area contributed by atoms with Crippen molar-refractivity contribution in [1.82, 2.24) is 14.7 Å². The number of amides is 1. The third-order valence-electron chi connectivity index (χ3n) is 4.71. The molecule has 5 nitrogen and oxygen atoms in total. The van der Waals surface area contributed by atoms with Gasteiger partial charge in [-0.15, -0.1) is 0 Å². The minimum Gasteiger partial charge on any atom is -0.489 e. The van der Waals surface area contributed by atoms with E-state index in [1.54, 1.807) is 6.08 Å². The molecule has 2 aromatic heterocycles. The van der Waals surface area contributed by atoms with Gasteiger partial charge < -0.3 is 14.5 Å². The highest BCUT2D eigenvalue weighted by Gasteiger charge is 2.04. The molecule has 150 valence electrons. The summed E-state index contributed by atoms with van der Waals surface area (Å²) in [6.45, 7) is 2.91. The monoisotopic (exact) mass is 397 g/mol. The van der Waals surface area contributed by atoms with Crippen LogP contribution < -0.4 is 10.1 Å². The molecule has 1 N–H and O–H groups in total. The molecule has 2 heterocycles. The van der Waals surface area contributed by atoms with Gasteiger partial charge in [-0.25, -0.2) is 4.98 Å². The van der Waals surface area contributed by atoms with E-state index in [0.29, 0.717) is 13.2 Å². The molecule has 0 aliphatic carbocycles. The van der Waals surface area contributed by atoms with Crippen molar-refractivity contribution in [2.45, 2.75) is 20.1 Å². The van der Waals surface area contributed by atoms with Crippen molar-refractivity contribution in [3.8, 4) is 5.75 Å². The van der Waals surface area contributed by atoms with Crippen molar-refractivity contribution in [1.29, 1.82) is 0 Å². The first-order valence-corrected chi connectivity index (χ1v) is 9.83. The Labute approximate surface area is 175 Å². The van der Waals surface area contributed by atoms with Crippen molar-refractivity contribution in [3.05, 3.63) is 108 Å². The Hall–Kier alpha value is -3.86. The molecule has 0 aliphatic heterocycles. The lowest BCUT2D eigenvalue weighted by molar-refractivity contribution is -0.116. The van der Waals surface area contributed by atoms with Gasteiger partial charge in [0.1, 0.15) is 18.0 Å². The third-order valence-corrected chi connectivity index (χ3v) is 4.71. The minimum atomic E-state index is -0.167. The van der Waals surface area contributed by atoms with Gasteiger partial charge in [-0.2, -0.15) is 0 Å². The molecule has 0 atom stereocenters. The smallest absolute Gasteiger partial charge is 0.244 e. The zero-order chi connectivity index (χ0) is 20.8. The quantitative estimate of drug-likeness (QED) is 0.466. The Kier molecular flexibility index (Phi) is 5.90. The number of aryl methyl sites for hydroxylation is 1. The van der Waals surface area contributed by atoms with Crippen molar-refractivity contribution < 1.29 is 9.53 Å². The number of carbonyl (C=O) groups is 1. The highest BCUT2D eigenvalue weighted by molar-refractivity contribution is 5.91. The summed E-state index contributed by atoms with van der Waals surface area (Å²) in [5.41, 5.74) is 4.84. The summed E-state index contributed by atoms with van der Waals surface area (Å²) in [6.07, 6.45) is 7.18. The van der Waals surface area contributed by atoms with Gasteiger partial charge in [0.2, 0.25) is 5.91 Å². The first kappa shape index (κ1) is 19.5. The molecule has 0 fully saturated rings. The molecule has 4 aromatic rings. The number of aromatic nitrogens is 2. The number of imidazole rings is 1. The molecule has 0 radical (unpaired) electrons. The lowest BCUT2D eigenvalue weighted by atomic mass is 10.2.